The van der Waals surface area contributed by atoms with Gasteiger partial charge in [0, 0.05) is 41.4 Å². The van der Waals surface area contributed by atoms with Crippen molar-refractivity contribution in [2.45, 2.75) is 43.0 Å². The van der Waals surface area contributed by atoms with E-state index in [4.69, 9.17) is 15.9 Å². The van der Waals surface area contributed by atoms with Crippen LogP contribution < -0.4 is 15.8 Å². The van der Waals surface area contributed by atoms with Gasteiger partial charge in [-0.2, -0.15) is 0 Å². The van der Waals surface area contributed by atoms with Crippen LogP contribution in [0.1, 0.15) is 29.5 Å². The van der Waals surface area contributed by atoms with Gasteiger partial charge in [0.2, 0.25) is 0 Å². The number of ether oxygens (including phenoxy) is 1. The number of pyridine rings is 1. The van der Waals surface area contributed by atoms with Crippen molar-refractivity contribution in [2.24, 2.45) is 0 Å². The maximum absolute atomic E-state index is 9.97. The molecule has 13 heteroatoms. The SMILES string of the molecule is CN1CCC(N/C=C(\C=N)c2cnc(N)c(OCc3cccc(C#CC(O)(C(O)(O)O)C(O)(O)O)c3)c2)CC1. The number of piperidine rings is 1. The van der Waals surface area contributed by atoms with Crippen LogP contribution >= 0.6 is 0 Å². The Hall–Kier alpha value is -3.58. The third-order valence-electron chi connectivity index (χ3n) is 6.24. The molecule has 39 heavy (non-hydrogen) atoms. The van der Waals surface area contributed by atoms with Crippen molar-refractivity contribution in [3.05, 3.63) is 59.4 Å². The lowest BCUT2D eigenvalue weighted by molar-refractivity contribution is -0.476. The molecule has 1 saturated heterocycles. The summed E-state index contributed by atoms with van der Waals surface area (Å²) in [6.45, 7) is 1.98. The Balaban J connectivity index is 1.74. The van der Waals surface area contributed by atoms with Gasteiger partial charge in [-0.05, 0) is 62.7 Å². The number of allylic oxidation sites excluding steroid dienone is 1. The molecule has 0 atom stereocenters. The number of likely N-dealkylation sites (tertiary alicyclic amines) is 1. The molecule has 0 bridgehead atoms. The lowest BCUT2D eigenvalue weighted by Crippen LogP contribution is -2.67. The van der Waals surface area contributed by atoms with Gasteiger partial charge in [-0.1, -0.05) is 18.1 Å². The highest BCUT2D eigenvalue weighted by Crippen LogP contribution is 2.27. The maximum atomic E-state index is 9.97. The Morgan fingerprint density at radius 3 is 2.44 bits per heavy atom. The van der Waals surface area contributed by atoms with Gasteiger partial charge in [0.15, 0.2) is 11.6 Å². The van der Waals surface area contributed by atoms with Crippen molar-refractivity contribution < 1.29 is 40.5 Å². The number of rotatable bonds is 9. The summed E-state index contributed by atoms with van der Waals surface area (Å²) in [5.74, 6) is -4.04. The highest BCUT2D eigenvalue weighted by Gasteiger charge is 2.61. The molecular weight excluding hydrogens is 510 g/mol. The van der Waals surface area contributed by atoms with Gasteiger partial charge in [0.25, 0.3) is 5.60 Å². The Kier molecular flexibility index (Phi) is 9.28. The number of anilines is 1. The molecule has 1 aliphatic heterocycles. The van der Waals surface area contributed by atoms with Crippen molar-refractivity contribution in [3.63, 3.8) is 0 Å². The molecular formula is C26H33N5O8. The summed E-state index contributed by atoms with van der Waals surface area (Å²) in [6.07, 6.45) is 6.53. The zero-order valence-electron chi connectivity index (χ0n) is 21.2. The summed E-state index contributed by atoms with van der Waals surface area (Å²) < 4.78 is 5.82. The average Bonchev–Trinajstić information content (AvgIpc) is 2.87. The number of nitrogen functional groups attached to an aromatic ring is 1. The van der Waals surface area contributed by atoms with E-state index >= 15 is 0 Å². The first kappa shape index (κ1) is 30.0. The molecule has 13 nitrogen and oxygen atoms in total. The molecule has 210 valence electrons. The second kappa shape index (κ2) is 12.1. The minimum absolute atomic E-state index is 0.0134. The minimum atomic E-state index is -4.17. The number of aromatic nitrogens is 1. The first-order valence-corrected chi connectivity index (χ1v) is 12.0. The number of aliphatic hydroxyl groups is 7. The van der Waals surface area contributed by atoms with E-state index in [1.54, 1.807) is 36.5 Å². The second-order valence-corrected chi connectivity index (χ2v) is 9.32. The second-order valence-electron chi connectivity index (χ2n) is 9.32. The Bertz CT molecular complexity index is 1240. The summed E-state index contributed by atoms with van der Waals surface area (Å²) >= 11 is 0. The predicted molar refractivity (Wildman–Crippen MR) is 140 cm³/mol. The van der Waals surface area contributed by atoms with Crippen LogP contribution in [0.5, 0.6) is 5.75 Å². The van der Waals surface area contributed by atoms with E-state index in [0.29, 0.717) is 22.7 Å². The van der Waals surface area contributed by atoms with Gasteiger partial charge in [-0.3, -0.25) is 0 Å². The third-order valence-corrected chi connectivity index (χ3v) is 6.24. The van der Waals surface area contributed by atoms with E-state index in [2.05, 4.69) is 28.2 Å². The predicted octanol–water partition coefficient (Wildman–Crippen LogP) is -1.74. The van der Waals surface area contributed by atoms with E-state index in [1.165, 1.54) is 18.3 Å². The van der Waals surface area contributed by atoms with Gasteiger partial charge >= 0.3 is 11.9 Å². The van der Waals surface area contributed by atoms with Crippen LogP contribution in [0.2, 0.25) is 0 Å². The zero-order chi connectivity index (χ0) is 28.8. The highest BCUT2D eigenvalue weighted by molar-refractivity contribution is 6.08. The maximum Gasteiger partial charge on any atom is 0.326 e. The van der Waals surface area contributed by atoms with Crippen molar-refractivity contribution in [2.75, 3.05) is 25.9 Å². The minimum Gasteiger partial charge on any atom is -0.485 e. The smallest absolute Gasteiger partial charge is 0.326 e. The summed E-state index contributed by atoms with van der Waals surface area (Å²) in [6, 6.07) is 8.10. The summed E-state index contributed by atoms with van der Waals surface area (Å²) in [7, 11) is 2.08. The fourth-order valence-corrected chi connectivity index (χ4v) is 3.78. The average molecular weight is 544 g/mol. The molecule has 2 aromatic rings. The summed E-state index contributed by atoms with van der Waals surface area (Å²) in [5, 5.41) is 76.6. The van der Waals surface area contributed by atoms with E-state index in [1.807, 2.05) is 0 Å². The van der Waals surface area contributed by atoms with E-state index in [0.717, 1.165) is 25.9 Å². The van der Waals surface area contributed by atoms with Crippen molar-refractivity contribution in [1.29, 1.82) is 5.41 Å². The fourth-order valence-electron chi connectivity index (χ4n) is 3.78. The molecule has 0 radical (unpaired) electrons. The Labute approximate surface area is 224 Å². The molecule has 0 unspecified atom stereocenters. The normalized spacial score (nSPS) is 15.8. The molecule has 2 heterocycles. The summed E-state index contributed by atoms with van der Waals surface area (Å²) in [5.41, 5.74) is 4.04. The van der Waals surface area contributed by atoms with Crippen LogP contribution in [0.4, 0.5) is 5.82 Å². The van der Waals surface area contributed by atoms with E-state index in [-0.39, 0.29) is 23.7 Å². The van der Waals surface area contributed by atoms with Crippen molar-refractivity contribution in [3.8, 4) is 17.6 Å². The topological polar surface area (TPSA) is 229 Å². The largest absolute Gasteiger partial charge is 0.485 e. The zero-order valence-corrected chi connectivity index (χ0v) is 21.2. The molecule has 11 N–H and O–H groups in total. The lowest BCUT2D eigenvalue weighted by atomic mass is 9.97. The van der Waals surface area contributed by atoms with Crippen LogP contribution in [0.3, 0.4) is 0 Å². The van der Waals surface area contributed by atoms with E-state index in [9.17, 15) is 35.7 Å². The molecule has 1 aromatic carbocycles. The first-order valence-electron chi connectivity index (χ1n) is 12.0. The van der Waals surface area contributed by atoms with Gasteiger partial charge in [0.1, 0.15) is 6.61 Å². The van der Waals surface area contributed by atoms with Gasteiger partial charge in [-0.25, -0.2) is 4.98 Å². The Morgan fingerprint density at radius 2 is 1.82 bits per heavy atom. The fraction of sp³-hybridized carbons (Fsp3) is 0.385. The third kappa shape index (κ3) is 7.51. The molecule has 0 aliphatic carbocycles. The van der Waals surface area contributed by atoms with Crippen LogP contribution in [0.15, 0.2) is 42.7 Å². The first-order chi connectivity index (χ1) is 18.2. The van der Waals surface area contributed by atoms with E-state index < -0.39 is 17.5 Å². The number of nitrogens with two attached hydrogens (primary N) is 1. The number of nitrogens with zero attached hydrogens (tertiary/aromatic N) is 2. The molecule has 1 fully saturated rings. The van der Waals surface area contributed by atoms with Crippen LogP contribution in [0.25, 0.3) is 5.57 Å². The molecule has 0 spiro atoms. The molecule has 0 amide bonds. The monoisotopic (exact) mass is 543 g/mol. The lowest BCUT2D eigenvalue weighted by Gasteiger charge is -2.36. The van der Waals surface area contributed by atoms with Crippen LogP contribution in [0, 0.1) is 17.3 Å². The number of hydrogen-bond acceptors (Lipinski definition) is 13. The molecule has 0 saturated carbocycles. The molecule has 1 aromatic heterocycles. The van der Waals surface area contributed by atoms with Crippen LogP contribution in [-0.4, -0.2) is 95.6 Å². The Morgan fingerprint density at radius 1 is 1.15 bits per heavy atom. The standard InChI is InChI=1S/C26H33N5O8/c1-31-9-6-21(7-10-31)29-15-20(13-27)19-12-22(23(28)30-14-19)39-16-18-4-2-3-17(11-18)5-8-24(32,25(33,34)35)26(36,37)38/h2-4,11-15,21,27,29,32-38H,6-7,9-10,16H2,1H3,(H2,28,30)/b20-15+,27-13?. The number of nitrogens with one attached hydrogen (secondary N) is 2. The van der Waals surface area contributed by atoms with Gasteiger partial charge in [-0.15, -0.1) is 0 Å². The number of benzene rings is 1. The number of hydrogen-bond donors (Lipinski definition) is 10. The van der Waals surface area contributed by atoms with Crippen LogP contribution in [-0.2, 0) is 6.61 Å². The molecule has 3 rings (SSSR count). The van der Waals surface area contributed by atoms with Crippen molar-refractivity contribution in [1.82, 2.24) is 15.2 Å². The van der Waals surface area contributed by atoms with Crippen molar-refractivity contribution >= 4 is 17.6 Å². The summed E-state index contributed by atoms with van der Waals surface area (Å²) in [4.78, 5) is 6.43. The highest BCUT2D eigenvalue weighted by atomic mass is 16.7. The van der Waals surface area contributed by atoms with Gasteiger partial charge in [0.05, 0.1) is 0 Å². The van der Waals surface area contributed by atoms with Gasteiger partial charge < -0.3 is 61.8 Å². The quantitative estimate of drug-likeness (QED) is 0.0965. The molecule has 1 aliphatic rings.